The summed E-state index contributed by atoms with van der Waals surface area (Å²) >= 11 is 0. The fraction of sp³-hybridized carbons (Fsp3) is 0.280. The highest BCUT2D eigenvalue weighted by molar-refractivity contribution is 6.03. The first-order valence-corrected chi connectivity index (χ1v) is 10.6. The van der Waals surface area contributed by atoms with Gasteiger partial charge in [0, 0.05) is 49.1 Å². The lowest BCUT2D eigenvalue weighted by molar-refractivity contribution is 0.153. The molecule has 0 aliphatic carbocycles. The molecule has 5 nitrogen and oxygen atoms in total. The molecule has 1 fully saturated rings. The maximum absolute atomic E-state index is 13.5. The van der Waals surface area contributed by atoms with Crippen molar-refractivity contribution in [3.63, 3.8) is 0 Å². The van der Waals surface area contributed by atoms with E-state index < -0.39 is 0 Å². The molecular weight excluding hydrogens is 391 g/mol. The molecule has 2 aliphatic heterocycles. The van der Waals surface area contributed by atoms with Crippen molar-refractivity contribution in [2.75, 3.05) is 19.6 Å². The Labute approximate surface area is 181 Å². The van der Waals surface area contributed by atoms with Crippen LogP contribution in [0.2, 0.25) is 0 Å². The van der Waals surface area contributed by atoms with Gasteiger partial charge in [-0.15, -0.1) is 0 Å². The average molecular weight is 417 g/mol. The van der Waals surface area contributed by atoms with Gasteiger partial charge in [-0.3, -0.25) is 14.9 Å². The zero-order valence-electron chi connectivity index (χ0n) is 17.5. The topological polar surface area (TPSA) is 60.8 Å². The number of hydrogen-bond donors (Lipinski definition) is 2. The molecule has 5 rings (SSSR count). The summed E-state index contributed by atoms with van der Waals surface area (Å²) in [6, 6.07) is 16.3. The van der Waals surface area contributed by atoms with Gasteiger partial charge in [0.2, 0.25) is 0 Å². The fourth-order valence-electron chi connectivity index (χ4n) is 4.56. The Kier molecular flexibility index (Phi) is 5.26. The summed E-state index contributed by atoms with van der Waals surface area (Å²) in [6.45, 7) is 6.07. The molecule has 1 atom stereocenters. The summed E-state index contributed by atoms with van der Waals surface area (Å²) in [6.07, 6.45) is 0. The van der Waals surface area contributed by atoms with Gasteiger partial charge < -0.3 is 10.4 Å². The van der Waals surface area contributed by atoms with E-state index in [2.05, 4.69) is 21.3 Å². The SMILES string of the molecule is CC1=NCc2nc(-c3ccc(O)cc3)cc(CN3CCNCC3c3ccc(F)cc3)c21. The van der Waals surface area contributed by atoms with Crippen LogP contribution in [-0.4, -0.2) is 40.3 Å². The normalized spacial score (nSPS) is 18.6. The number of halogens is 1. The maximum Gasteiger partial charge on any atom is 0.123 e. The first kappa shape index (κ1) is 19.8. The van der Waals surface area contributed by atoms with Crippen LogP contribution in [0.3, 0.4) is 0 Å². The molecule has 31 heavy (non-hydrogen) atoms. The van der Waals surface area contributed by atoms with Crippen LogP contribution < -0.4 is 5.32 Å². The number of rotatable bonds is 4. The van der Waals surface area contributed by atoms with E-state index in [4.69, 9.17) is 4.98 Å². The molecule has 2 N–H and O–H groups in total. The Morgan fingerprint density at radius 2 is 1.90 bits per heavy atom. The average Bonchev–Trinajstić information content (AvgIpc) is 3.16. The van der Waals surface area contributed by atoms with Crippen LogP contribution in [0.1, 0.15) is 35.3 Å². The molecule has 158 valence electrons. The van der Waals surface area contributed by atoms with E-state index in [1.165, 1.54) is 17.7 Å². The summed E-state index contributed by atoms with van der Waals surface area (Å²) in [5, 5.41) is 13.1. The molecule has 3 aromatic rings. The van der Waals surface area contributed by atoms with Crippen molar-refractivity contribution < 1.29 is 9.50 Å². The quantitative estimate of drug-likeness (QED) is 0.673. The monoisotopic (exact) mass is 416 g/mol. The van der Waals surface area contributed by atoms with Crippen LogP contribution in [0.5, 0.6) is 5.75 Å². The minimum atomic E-state index is -0.212. The van der Waals surface area contributed by atoms with E-state index in [1.807, 2.05) is 31.2 Å². The van der Waals surface area contributed by atoms with E-state index in [0.29, 0.717) is 6.54 Å². The number of benzene rings is 2. The molecule has 0 saturated carbocycles. The Hall–Kier alpha value is -3.09. The summed E-state index contributed by atoms with van der Waals surface area (Å²) in [5.74, 6) is 0.0312. The minimum absolute atomic E-state index is 0.175. The number of nitrogens with zero attached hydrogens (tertiary/aromatic N) is 3. The predicted molar refractivity (Wildman–Crippen MR) is 120 cm³/mol. The van der Waals surface area contributed by atoms with Crippen molar-refractivity contribution in [1.82, 2.24) is 15.2 Å². The van der Waals surface area contributed by atoms with Crippen molar-refractivity contribution in [1.29, 1.82) is 0 Å². The van der Waals surface area contributed by atoms with E-state index >= 15 is 0 Å². The second-order valence-corrected chi connectivity index (χ2v) is 8.18. The number of piperazine rings is 1. The van der Waals surface area contributed by atoms with Crippen molar-refractivity contribution in [3.05, 3.63) is 82.8 Å². The third-order valence-corrected chi connectivity index (χ3v) is 6.15. The minimum Gasteiger partial charge on any atom is -0.508 e. The van der Waals surface area contributed by atoms with Crippen LogP contribution in [0.15, 0.2) is 59.6 Å². The highest BCUT2D eigenvalue weighted by Crippen LogP contribution is 2.31. The van der Waals surface area contributed by atoms with Crippen molar-refractivity contribution in [2.24, 2.45) is 4.99 Å². The van der Waals surface area contributed by atoms with Crippen LogP contribution in [0.25, 0.3) is 11.3 Å². The Balaban J connectivity index is 1.51. The molecule has 0 bridgehead atoms. The largest absolute Gasteiger partial charge is 0.508 e. The number of hydrogen-bond acceptors (Lipinski definition) is 5. The molecule has 0 amide bonds. The Morgan fingerprint density at radius 3 is 2.68 bits per heavy atom. The second-order valence-electron chi connectivity index (χ2n) is 8.18. The first-order valence-electron chi connectivity index (χ1n) is 10.6. The molecule has 2 aliphatic rings. The molecule has 1 unspecified atom stereocenters. The molecule has 0 radical (unpaired) electrons. The van der Waals surface area contributed by atoms with Gasteiger partial charge >= 0.3 is 0 Å². The molecule has 2 aromatic carbocycles. The van der Waals surface area contributed by atoms with E-state index in [9.17, 15) is 9.50 Å². The third-order valence-electron chi connectivity index (χ3n) is 6.15. The van der Waals surface area contributed by atoms with Crippen LogP contribution in [-0.2, 0) is 13.1 Å². The Morgan fingerprint density at radius 1 is 1.13 bits per heavy atom. The first-order chi connectivity index (χ1) is 15.1. The lowest BCUT2D eigenvalue weighted by Crippen LogP contribution is -2.45. The highest BCUT2D eigenvalue weighted by Gasteiger charge is 2.27. The summed E-state index contributed by atoms with van der Waals surface area (Å²) in [5.41, 5.74) is 7.38. The van der Waals surface area contributed by atoms with E-state index in [0.717, 1.165) is 60.0 Å². The van der Waals surface area contributed by atoms with Gasteiger partial charge in [0.25, 0.3) is 0 Å². The molecule has 1 saturated heterocycles. The fourth-order valence-corrected chi connectivity index (χ4v) is 4.56. The van der Waals surface area contributed by atoms with Crippen molar-refractivity contribution >= 4 is 5.71 Å². The number of fused-ring (bicyclic) bond motifs is 1. The predicted octanol–water partition coefficient (Wildman–Crippen LogP) is 4.06. The third kappa shape index (κ3) is 3.96. The number of pyridine rings is 1. The summed E-state index contributed by atoms with van der Waals surface area (Å²) in [4.78, 5) is 12.0. The van der Waals surface area contributed by atoms with Gasteiger partial charge in [0.05, 0.1) is 17.9 Å². The molecule has 0 spiro atoms. The number of aliphatic imine (C=N–C) groups is 1. The maximum atomic E-state index is 13.5. The zero-order valence-corrected chi connectivity index (χ0v) is 17.5. The lowest BCUT2D eigenvalue weighted by Gasteiger charge is -2.37. The number of aromatic nitrogens is 1. The van der Waals surface area contributed by atoms with Gasteiger partial charge in [0.1, 0.15) is 11.6 Å². The van der Waals surface area contributed by atoms with Gasteiger partial charge in [-0.05, 0) is 60.5 Å². The smallest absolute Gasteiger partial charge is 0.123 e. The standard InChI is InChI=1S/C25H25FN4O/c1-16-25-19(12-22(29-23(25)13-28-16)17-4-8-21(31)9-5-17)15-30-11-10-27-14-24(30)18-2-6-20(26)7-3-18/h2-9,12,24,27,31H,10-11,13-15H2,1H3. The summed E-state index contributed by atoms with van der Waals surface area (Å²) in [7, 11) is 0. The molecule has 6 heteroatoms. The van der Waals surface area contributed by atoms with Crippen LogP contribution >= 0.6 is 0 Å². The number of aromatic hydroxyl groups is 1. The van der Waals surface area contributed by atoms with Crippen molar-refractivity contribution in [2.45, 2.75) is 26.1 Å². The number of phenols is 1. The number of phenolic OH excluding ortho intramolecular Hbond substituents is 1. The van der Waals surface area contributed by atoms with Crippen LogP contribution in [0, 0.1) is 5.82 Å². The van der Waals surface area contributed by atoms with Gasteiger partial charge in [-0.2, -0.15) is 0 Å². The molecule has 1 aromatic heterocycles. The molecular formula is C25H25FN4O. The zero-order chi connectivity index (χ0) is 21.4. The highest BCUT2D eigenvalue weighted by atomic mass is 19.1. The second kappa shape index (κ2) is 8.21. The van der Waals surface area contributed by atoms with E-state index in [-0.39, 0.29) is 17.6 Å². The van der Waals surface area contributed by atoms with Gasteiger partial charge in [-0.1, -0.05) is 12.1 Å². The van der Waals surface area contributed by atoms with Gasteiger partial charge in [0.15, 0.2) is 0 Å². The lowest BCUT2D eigenvalue weighted by atomic mass is 9.97. The van der Waals surface area contributed by atoms with Crippen LogP contribution in [0.4, 0.5) is 4.39 Å². The molecule has 3 heterocycles. The Bertz CT molecular complexity index is 1130. The summed E-state index contributed by atoms with van der Waals surface area (Å²) < 4.78 is 13.5. The van der Waals surface area contributed by atoms with Gasteiger partial charge in [-0.25, -0.2) is 4.39 Å². The van der Waals surface area contributed by atoms with Crippen molar-refractivity contribution in [3.8, 4) is 17.0 Å². The van der Waals surface area contributed by atoms with E-state index in [1.54, 1.807) is 12.1 Å². The number of nitrogens with one attached hydrogen (secondary N) is 1.